The van der Waals surface area contributed by atoms with Gasteiger partial charge in [-0.2, -0.15) is 0 Å². The first kappa shape index (κ1) is 13.2. The largest absolute Gasteiger partial charge is 0.467 e. The monoisotopic (exact) mass is 227 g/mol. The summed E-state index contributed by atoms with van der Waals surface area (Å²) in [5.41, 5.74) is 0.0453. The zero-order valence-electron chi connectivity index (χ0n) is 10.1. The van der Waals surface area contributed by atoms with Gasteiger partial charge < -0.3 is 15.2 Å². The van der Waals surface area contributed by atoms with Crippen molar-refractivity contribution >= 4 is 5.97 Å². The molecule has 0 fully saturated rings. The van der Waals surface area contributed by atoms with E-state index >= 15 is 0 Å². The zero-order valence-corrected chi connectivity index (χ0v) is 10.1. The quantitative estimate of drug-likeness (QED) is 0.404. The van der Waals surface area contributed by atoms with Gasteiger partial charge in [-0.25, -0.2) is 4.79 Å². The molecule has 1 rings (SSSR count). The first-order valence-corrected chi connectivity index (χ1v) is 5.75. The van der Waals surface area contributed by atoms with E-state index in [9.17, 15) is 9.90 Å². The first-order valence-electron chi connectivity index (χ1n) is 5.75. The van der Waals surface area contributed by atoms with Crippen LogP contribution in [0, 0.1) is 0 Å². The van der Waals surface area contributed by atoms with Gasteiger partial charge in [-0.1, -0.05) is 11.6 Å². The maximum absolute atomic E-state index is 11.2. The number of rotatable bonds is 6. The smallest absolute Gasteiger partial charge is 0.338 e. The Hall–Kier alpha value is -0.870. The Morgan fingerprint density at radius 3 is 3.00 bits per heavy atom. The van der Waals surface area contributed by atoms with Crippen molar-refractivity contribution in [2.24, 2.45) is 0 Å². The molecule has 92 valence electrons. The third-order valence-corrected chi connectivity index (χ3v) is 2.85. The SMILES string of the molecule is COC(=O)C(C)(O)CNCCC1=CCCC1. The minimum atomic E-state index is -1.43. The molecule has 0 aromatic heterocycles. The summed E-state index contributed by atoms with van der Waals surface area (Å²) < 4.78 is 4.51. The van der Waals surface area contributed by atoms with E-state index in [4.69, 9.17) is 0 Å². The van der Waals surface area contributed by atoms with Crippen LogP contribution < -0.4 is 5.32 Å². The Morgan fingerprint density at radius 1 is 1.69 bits per heavy atom. The van der Waals surface area contributed by atoms with Crippen molar-refractivity contribution in [1.29, 1.82) is 0 Å². The van der Waals surface area contributed by atoms with E-state index in [1.807, 2.05) is 0 Å². The highest BCUT2D eigenvalue weighted by Crippen LogP contribution is 2.19. The van der Waals surface area contributed by atoms with E-state index in [2.05, 4.69) is 16.1 Å². The molecule has 4 heteroatoms. The Morgan fingerprint density at radius 2 is 2.44 bits per heavy atom. The predicted molar refractivity (Wildman–Crippen MR) is 62.1 cm³/mol. The number of nitrogens with one attached hydrogen (secondary N) is 1. The average Bonchev–Trinajstić information content (AvgIpc) is 2.76. The van der Waals surface area contributed by atoms with Crippen molar-refractivity contribution in [2.75, 3.05) is 20.2 Å². The second kappa shape index (κ2) is 6.01. The summed E-state index contributed by atoms with van der Waals surface area (Å²) in [6.45, 7) is 2.48. The molecule has 4 nitrogen and oxygen atoms in total. The summed E-state index contributed by atoms with van der Waals surface area (Å²) >= 11 is 0. The highest BCUT2D eigenvalue weighted by molar-refractivity contribution is 5.78. The normalized spacial score (nSPS) is 19.1. The van der Waals surface area contributed by atoms with Crippen LogP contribution in [0.1, 0.15) is 32.6 Å². The fourth-order valence-corrected chi connectivity index (χ4v) is 1.84. The van der Waals surface area contributed by atoms with Gasteiger partial charge in [0, 0.05) is 6.54 Å². The standard InChI is InChI=1S/C12H21NO3/c1-12(15,11(14)16-2)9-13-8-7-10-5-3-4-6-10/h5,13,15H,3-4,6-9H2,1-2H3. The molecule has 1 atom stereocenters. The molecule has 0 heterocycles. The van der Waals surface area contributed by atoms with Gasteiger partial charge in [0.05, 0.1) is 7.11 Å². The van der Waals surface area contributed by atoms with E-state index in [-0.39, 0.29) is 6.54 Å². The van der Waals surface area contributed by atoms with Crippen LogP contribution in [-0.4, -0.2) is 36.9 Å². The van der Waals surface area contributed by atoms with Crippen LogP contribution in [0.2, 0.25) is 0 Å². The Kier molecular flexibility index (Phi) is 4.96. The molecular formula is C12H21NO3. The maximum Gasteiger partial charge on any atom is 0.338 e. The number of allylic oxidation sites excluding steroid dienone is 1. The molecule has 0 radical (unpaired) electrons. The molecule has 1 aliphatic rings. The van der Waals surface area contributed by atoms with Gasteiger partial charge in [-0.3, -0.25) is 0 Å². The number of hydrogen-bond acceptors (Lipinski definition) is 4. The number of methoxy groups -OCH3 is 1. The lowest BCUT2D eigenvalue weighted by Gasteiger charge is -2.20. The van der Waals surface area contributed by atoms with Crippen molar-refractivity contribution in [1.82, 2.24) is 5.32 Å². The highest BCUT2D eigenvalue weighted by Gasteiger charge is 2.30. The third-order valence-electron chi connectivity index (χ3n) is 2.85. The lowest BCUT2D eigenvalue weighted by atomic mass is 10.1. The van der Waals surface area contributed by atoms with Crippen molar-refractivity contribution < 1.29 is 14.6 Å². The molecule has 16 heavy (non-hydrogen) atoms. The summed E-state index contributed by atoms with van der Waals surface area (Å²) in [6, 6.07) is 0. The van der Waals surface area contributed by atoms with Crippen molar-refractivity contribution in [3.8, 4) is 0 Å². The number of hydrogen-bond donors (Lipinski definition) is 2. The molecule has 1 aliphatic carbocycles. The Balaban J connectivity index is 2.16. The summed E-state index contributed by atoms with van der Waals surface area (Å²) in [4.78, 5) is 11.2. The fourth-order valence-electron chi connectivity index (χ4n) is 1.84. The van der Waals surface area contributed by atoms with Crippen LogP contribution in [0.3, 0.4) is 0 Å². The summed E-state index contributed by atoms with van der Waals surface area (Å²) in [5, 5.41) is 12.8. The summed E-state index contributed by atoms with van der Waals surface area (Å²) in [6.07, 6.45) is 6.91. The van der Waals surface area contributed by atoms with Crippen LogP contribution in [0.4, 0.5) is 0 Å². The second-order valence-electron chi connectivity index (χ2n) is 4.45. The first-order chi connectivity index (χ1) is 7.56. The van der Waals surface area contributed by atoms with Crippen molar-refractivity contribution in [2.45, 2.75) is 38.2 Å². The number of esters is 1. The summed E-state index contributed by atoms with van der Waals surface area (Å²) in [7, 11) is 1.28. The Labute approximate surface area is 96.7 Å². The van der Waals surface area contributed by atoms with E-state index in [0.717, 1.165) is 13.0 Å². The van der Waals surface area contributed by atoms with Crippen LogP contribution in [0.25, 0.3) is 0 Å². The van der Waals surface area contributed by atoms with Crippen molar-refractivity contribution in [3.05, 3.63) is 11.6 Å². The molecule has 0 saturated heterocycles. The molecule has 0 amide bonds. The second-order valence-corrected chi connectivity index (χ2v) is 4.45. The van der Waals surface area contributed by atoms with E-state index < -0.39 is 11.6 Å². The lowest BCUT2D eigenvalue weighted by Crippen LogP contribution is -2.45. The highest BCUT2D eigenvalue weighted by atomic mass is 16.5. The van der Waals surface area contributed by atoms with E-state index in [1.165, 1.54) is 38.9 Å². The minimum Gasteiger partial charge on any atom is -0.467 e. The van der Waals surface area contributed by atoms with Gasteiger partial charge in [0.25, 0.3) is 0 Å². The number of ether oxygens (including phenoxy) is 1. The topological polar surface area (TPSA) is 58.6 Å². The zero-order chi connectivity index (χ0) is 12.0. The van der Waals surface area contributed by atoms with Gasteiger partial charge in [-0.15, -0.1) is 0 Å². The predicted octanol–water partition coefficient (Wildman–Crippen LogP) is 1.00. The number of carbonyl (C=O) groups is 1. The minimum absolute atomic E-state index is 0.229. The van der Waals surface area contributed by atoms with Crippen molar-refractivity contribution in [3.63, 3.8) is 0 Å². The van der Waals surface area contributed by atoms with Gasteiger partial charge in [0.1, 0.15) is 0 Å². The fraction of sp³-hybridized carbons (Fsp3) is 0.750. The molecule has 0 aliphatic heterocycles. The lowest BCUT2D eigenvalue weighted by molar-refractivity contribution is -0.159. The number of aliphatic hydroxyl groups is 1. The third kappa shape index (κ3) is 3.94. The molecule has 0 bridgehead atoms. The van der Waals surface area contributed by atoms with Crippen LogP contribution in [-0.2, 0) is 9.53 Å². The molecule has 2 N–H and O–H groups in total. The molecule has 0 saturated carbocycles. The maximum atomic E-state index is 11.2. The molecule has 0 aromatic rings. The van der Waals surface area contributed by atoms with Crippen LogP contribution in [0.15, 0.2) is 11.6 Å². The molecule has 0 spiro atoms. The van der Waals surface area contributed by atoms with Gasteiger partial charge >= 0.3 is 5.97 Å². The molecule has 0 aromatic carbocycles. The Bertz CT molecular complexity index is 271. The average molecular weight is 227 g/mol. The van der Waals surface area contributed by atoms with Gasteiger partial charge in [0.15, 0.2) is 5.60 Å². The van der Waals surface area contributed by atoms with E-state index in [1.54, 1.807) is 0 Å². The van der Waals surface area contributed by atoms with Crippen LogP contribution in [0.5, 0.6) is 0 Å². The van der Waals surface area contributed by atoms with E-state index in [0.29, 0.717) is 0 Å². The van der Waals surface area contributed by atoms with Gasteiger partial charge in [0.2, 0.25) is 0 Å². The summed E-state index contributed by atoms with van der Waals surface area (Å²) in [5.74, 6) is -0.597. The van der Waals surface area contributed by atoms with Crippen LogP contribution >= 0.6 is 0 Å². The molecular weight excluding hydrogens is 206 g/mol. The molecule has 1 unspecified atom stereocenters. The van der Waals surface area contributed by atoms with Gasteiger partial charge in [-0.05, 0) is 39.2 Å². The number of carbonyl (C=O) groups excluding carboxylic acids is 1.